The second-order valence-corrected chi connectivity index (χ2v) is 5.81. The molecule has 0 spiro atoms. The van der Waals surface area contributed by atoms with Crippen LogP contribution in [0.2, 0.25) is 0 Å². The monoisotopic (exact) mass is 303 g/mol. The molecule has 1 aliphatic heterocycles. The number of nitro groups is 1. The van der Waals surface area contributed by atoms with Crippen molar-refractivity contribution in [3.63, 3.8) is 0 Å². The molecule has 1 aromatic heterocycles. The number of pyridine rings is 1. The molecule has 1 aromatic rings. The molecule has 0 aromatic carbocycles. The molecule has 0 N–H and O–H groups in total. The Morgan fingerprint density at radius 3 is 2.85 bits per heavy atom. The number of aromatic nitrogens is 1. The first-order valence-electron chi connectivity index (χ1n) is 5.59. The van der Waals surface area contributed by atoms with Gasteiger partial charge in [0.1, 0.15) is 11.9 Å². The zero-order valence-electron chi connectivity index (χ0n) is 10.1. The van der Waals surface area contributed by atoms with Crippen LogP contribution in [0.1, 0.15) is 6.42 Å². The highest BCUT2D eigenvalue weighted by molar-refractivity contribution is 7.86. The highest BCUT2D eigenvalue weighted by atomic mass is 32.3. The van der Waals surface area contributed by atoms with Crippen LogP contribution in [-0.2, 0) is 15.0 Å². The maximum Gasteiger partial charge on any atom is 0.311 e. The predicted octanol–water partition coefficient (Wildman–Crippen LogP) is 0.642. The van der Waals surface area contributed by atoms with Crippen molar-refractivity contribution >= 4 is 27.5 Å². The van der Waals surface area contributed by atoms with E-state index in [4.69, 9.17) is 0 Å². The van der Waals surface area contributed by atoms with E-state index in [-0.39, 0.29) is 24.3 Å². The first kappa shape index (κ1) is 14.3. The molecule has 2 rings (SSSR count). The van der Waals surface area contributed by atoms with Crippen LogP contribution in [-0.4, -0.2) is 36.5 Å². The van der Waals surface area contributed by atoms with Gasteiger partial charge < -0.3 is 4.90 Å². The van der Waals surface area contributed by atoms with Crippen LogP contribution in [0.4, 0.5) is 15.3 Å². The number of rotatable bonds is 4. The molecule has 0 aliphatic carbocycles. The van der Waals surface area contributed by atoms with E-state index in [0.29, 0.717) is 0 Å². The second-order valence-electron chi connectivity index (χ2n) is 4.40. The van der Waals surface area contributed by atoms with Crippen molar-refractivity contribution in [2.24, 2.45) is 5.92 Å². The zero-order chi connectivity index (χ0) is 14.9. The highest BCUT2D eigenvalue weighted by Crippen LogP contribution is 2.32. The Labute approximate surface area is 113 Å². The maximum atomic E-state index is 12.6. The van der Waals surface area contributed by atoms with E-state index in [1.807, 2.05) is 0 Å². The van der Waals surface area contributed by atoms with Crippen molar-refractivity contribution in [1.82, 2.24) is 4.98 Å². The van der Waals surface area contributed by atoms with Gasteiger partial charge in [-0.05, 0) is 6.07 Å². The summed E-state index contributed by atoms with van der Waals surface area (Å²) in [6, 6.07) is 1.29. The van der Waals surface area contributed by atoms with Crippen LogP contribution < -0.4 is 4.90 Å². The SMILES string of the molecule is O=C1CC(CS(=O)(=O)F)CN1c1ccncc1[N+](=O)[O-]. The lowest BCUT2D eigenvalue weighted by Crippen LogP contribution is -2.26. The van der Waals surface area contributed by atoms with E-state index < -0.39 is 32.7 Å². The van der Waals surface area contributed by atoms with Gasteiger partial charge in [-0.15, -0.1) is 3.89 Å². The van der Waals surface area contributed by atoms with Crippen molar-refractivity contribution in [2.75, 3.05) is 17.2 Å². The molecule has 8 nitrogen and oxygen atoms in total. The maximum absolute atomic E-state index is 12.6. The number of halogens is 1. The Kier molecular flexibility index (Phi) is 3.66. The molecule has 1 fully saturated rings. The first-order valence-corrected chi connectivity index (χ1v) is 7.14. The fourth-order valence-electron chi connectivity index (χ4n) is 2.16. The van der Waals surface area contributed by atoms with Gasteiger partial charge in [0.05, 0.1) is 10.7 Å². The van der Waals surface area contributed by atoms with Crippen molar-refractivity contribution in [1.29, 1.82) is 0 Å². The van der Waals surface area contributed by atoms with Crippen LogP contribution in [0.15, 0.2) is 18.5 Å². The van der Waals surface area contributed by atoms with Gasteiger partial charge in [0.15, 0.2) is 0 Å². The Morgan fingerprint density at radius 2 is 2.25 bits per heavy atom. The minimum atomic E-state index is -4.69. The van der Waals surface area contributed by atoms with Gasteiger partial charge in [-0.3, -0.25) is 19.9 Å². The summed E-state index contributed by atoms with van der Waals surface area (Å²) >= 11 is 0. The van der Waals surface area contributed by atoms with E-state index in [9.17, 15) is 27.2 Å². The first-order chi connectivity index (χ1) is 9.28. The number of carbonyl (C=O) groups excluding carboxylic acids is 1. The van der Waals surface area contributed by atoms with Crippen molar-refractivity contribution < 1.29 is 22.0 Å². The summed E-state index contributed by atoms with van der Waals surface area (Å²) in [6.07, 6.45) is 2.12. The molecule has 10 heteroatoms. The molecule has 0 bridgehead atoms. The predicted molar refractivity (Wildman–Crippen MR) is 66.2 cm³/mol. The third kappa shape index (κ3) is 3.07. The molecule has 108 valence electrons. The number of amides is 1. The summed E-state index contributed by atoms with van der Waals surface area (Å²) in [5.41, 5.74) is -0.321. The minimum Gasteiger partial charge on any atom is -0.306 e. The van der Waals surface area contributed by atoms with Gasteiger partial charge in [0.25, 0.3) is 0 Å². The molecule has 0 radical (unpaired) electrons. The molecular weight excluding hydrogens is 293 g/mol. The molecule has 20 heavy (non-hydrogen) atoms. The Hall–Kier alpha value is -2.10. The molecule has 1 atom stereocenters. The summed E-state index contributed by atoms with van der Waals surface area (Å²) in [7, 11) is -4.69. The van der Waals surface area contributed by atoms with E-state index in [2.05, 4.69) is 4.98 Å². The summed E-state index contributed by atoms with van der Waals surface area (Å²) < 4.78 is 33.8. The molecule has 0 saturated carbocycles. The van der Waals surface area contributed by atoms with Gasteiger partial charge in [0, 0.05) is 25.1 Å². The van der Waals surface area contributed by atoms with Crippen LogP contribution >= 0.6 is 0 Å². The second kappa shape index (κ2) is 5.12. The fraction of sp³-hybridized carbons (Fsp3) is 0.400. The van der Waals surface area contributed by atoms with Gasteiger partial charge in [-0.2, -0.15) is 8.42 Å². The molecular formula is C10H10FN3O5S. The topological polar surface area (TPSA) is 110 Å². The van der Waals surface area contributed by atoms with Crippen molar-refractivity contribution in [3.8, 4) is 0 Å². The number of hydrogen-bond acceptors (Lipinski definition) is 6. The van der Waals surface area contributed by atoms with E-state index >= 15 is 0 Å². The van der Waals surface area contributed by atoms with Crippen LogP contribution in [0.25, 0.3) is 0 Å². The van der Waals surface area contributed by atoms with Crippen molar-refractivity contribution in [2.45, 2.75) is 6.42 Å². The number of anilines is 1. The Balaban J connectivity index is 2.27. The fourth-order valence-corrected chi connectivity index (χ4v) is 2.94. The van der Waals surface area contributed by atoms with Crippen LogP contribution in [0, 0.1) is 16.0 Å². The lowest BCUT2D eigenvalue weighted by atomic mass is 10.1. The summed E-state index contributed by atoms with van der Waals surface area (Å²) in [5, 5.41) is 10.9. The lowest BCUT2D eigenvalue weighted by Gasteiger charge is -2.15. The highest BCUT2D eigenvalue weighted by Gasteiger charge is 2.36. The molecule has 1 unspecified atom stereocenters. The average molecular weight is 303 g/mol. The Bertz CT molecular complexity index is 663. The number of nitrogens with zero attached hydrogens (tertiary/aromatic N) is 3. The Morgan fingerprint density at radius 1 is 1.55 bits per heavy atom. The molecule has 1 amide bonds. The van der Waals surface area contributed by atoms with Crippen molar-refractivity contribution in [3.05, 3.63) is 28.6 Å². The van der Waals surface area contributed by atoms with Crippen LogP contribution in [0.3, 0.4) is 0 Å². The molecule has 1 saturated heterocycles. The van der Waals surface area contributed by atoms with E-state index in [0.717, 1.165) is 11.1 Å². The van der Waals surface area contributed by atoms with Crippen LogP contribution in [0.5, 0.6) is 0 Å². The summed E-state index contributed by atoms with van der Waals surface area (Å²) in [5.74, 6) is -1.97. The quantitative estimate of drug-likeness (QED) is 0.458. The van der Waals surface area contributed by atoms with E-state index in [1.54, 1.807) is 0 Å². The van der Waals surface area contributed by atoms with Gasteiger partial charge in [0.2, 0.25) is 5.91 Å². The van der Waals surface area contributed by atoms with Gasteiger partial charge >= 0.3 is 15.9 Å². The summed E-state index contributed by atoms with van der Waals surface area (Å²) in [4.78, 5) is 26.7. The van der Waals surface area contributed by atoms with Gasteiger partial charge in [-0.1, -0.05) is 0 Å². The third-order valence-corrected chi connectivity index (χ3v) is 3.77. The number of hydrogen-bond donors (Lipinski definition) is 0. The average Bonchev–Trinajstić information content (AvgIpc) is 2.67. The molecule has 1 aliphatic rings. The zero-order valence-corrected chi connectivity index (χ0v) is 10.9. The largest absolute Gasteiger partial charge is 0.311 e. The smallest absolute Gasteiger partial charge is 0.306 e. The van der Waals surface area contributed by atoms with Gasteiger partial charge in [-0.25, -0.2) is 0 Å². The van der Waals surface area contributed by atoms with E-state index in [1.165, 1.54) is 12.3 Å². The third-order valence-electron chi connectivity index (χ3n) is 2.91. The minimum absolute atomic E-state index is 0.0359. The standard InChI is InChI=1S/C10H10FN3O5S/c11-20(18,19)6-7-3-10(15)13(5-7)8-1-2-12-4-9(8)14(16)17/h1-2,4,7H,3,5-6H2. The lowest BCUT2D eigenvalue weighted by molar-refractivity contribution is -0.384. The normalized spacial score (nSPS) is 19.4. The molecule has 2 heterocycles. The summed E-state index contributed by atoms with van der Waals surface area (Å²) in [6.45, 7) is -0.0766. The number of carbonyl (C=O) groups is 1.